The molecule has 0 unspecified atom stereocenters. The summed E-state index contributed by atoms with van der Waals surface area (Å²) in [4.78, 5) is 14.2. The van der Waals surface area contributed by atoms with Crippen molar-refractivity contribution in [3.8, 4) is 0 Å². The number of piperidine rings is 1. The number of amides is 1. The van der Waals surface area contributed by atoms with Gasteiger partial charge in [-0.05, 0) is 30.7 Å². The van der Waals surface area contributed by atoms with Crippen LogP contribution in [0.2, 0.25) is 0 Å². The first-order valence-electron chi connectivity index (χ1n) is 6.47. The van der Waals surface area contributed by atoms with E-state index in [2.05, 4.69) is 31.0 Å². The van der Waals surface area contributed by atoms with Gasteiger partial charge < -0.3 is 10.2 Å². The second-order valence-corrected chi connectivity index (χ2v) is 6.50. The van der Waals surface area contributed by atoms with E-state index >= 15 is 0 Å². The van der Waals surface area contributed by atoms with Gasteiger partial charge in [-0.3, -0.25) is 4.79 Å². The molecule has 0 radical (unpaired) electrons. The van der Waals surface area contributed by atoms with Gasteiger partial charge in [-0.2, -0.15) is 0 Å². The minimum atomic E-state index is 0.109. The third-order valence-electron chi connectivity index (χ3n) is 3.63. The molecule has 2 aliphatic rings. The third kappa shape index (κ3) is 2.76. The Balaban J connectivity index is 1.90. The highest BCUT2D eigenvalue weighted by Gasteiger charge is 2.36. The van der Waals surface area contributed by atoms with Gasteiger partial charge in [0.15, 0.2) is 0 Å². The van der Waals surface area contributed by atoms with Gasteiger partial charge in [0.25, 0.3) is 0 Å². The molecule has 2 atom stereocenters. The predicted molar refractivity (Wildman–Crippen MR) is 65.2 cm³/mol. The van der Waals surface area contributed by atoms with E-state index in [9.17, 15) is 4.79 Å². The molecule has 1 amide bonds. The summed E-state index contributed by atoms with van der Waals surface area (Å²) in [6.07, 6.45) is 3.23. The average molecular weight is 224 g/mol. The molecule has 3 heteroatoms. The molecule has 0 saturated carbocycles. The molecule has 2 fully saturated rings. The van der Waals surface area contributed by atoms with Crippen molar-refractivity contribution in [3.63, 3.8) is 0 Å². The van der Waals surface area contributed by atoms with E-state index in [1.807, 2.05) is 0 Å². The van der Waals surface area contributed by atoms with Gasteiger partial charge in [0.05, 0.1) is 0 Å². The summed E-state index contributed by atoms with van der Waals surface area (Å²) in [6, 6.07) is 0.567. The number of carbonyl (C=O) groups is 1. The van der Waals surface area contributed by atoms with Crippen LogP contribution in [-0.4, -0.2) is 36.5 Å². The van der Waals surface area contributed by atoms with Gasteiger partial charge >= 0.3 is 0 Å². The first-order valence-corrected chi connectivity index (χ1v) is 6.47. The number of nitrogens with zero attached hydrogens (tertiary/aromatic N) is 1. The molecule has 1 N–H and O–H groups in total. The molecule has 92 valence electrons. The van der Waals surface area contributed by atoms with E-state index in [1.165, 1.54) is 12.8 Å². The van der Waals surface area contributed by atoms with E-state index in [1.54, 1.807) is 0 Å². The Kier molecular flexibility index (Phi) is 3.24. The smallest absolute Gasteiger partial charge is 0.223 e. The lowest BCUT2D eigenvalue weighted by molar-refractivity contribution is -0.132. The molecule has 2 saturated heterocycles. The van der Waals surface area contributed by atoms with E-state index in [4.69, 9.17) is 0 Å². The molecular formula is C13H24N2O. The number of carbonyl (C=O) groups excluding carboxylic acids is 1. The summed E-state index contributed by atoms with van der Waals surface area (Å²) >= 11 is 0. The molecule has 2 rings (SSSR count). The second-order valence-electron chi connectivity index (χ2n) is 6.50. The lowest BCUT2D eigenvalue weighted by Crippen LogP contribution is -2.41. The van der Waals surface area contributed by atoms with E-state index in [0.717, 1.165) is 19.6 Å². The molecule has 0 aromatic carbocycles. The van der Waals surface area contributed by atoms with Gasteiger partial charge in [-0.25, -0.2) is 0 Å². The predicted octanol–water partition coefficient (Wildman–Crippen LogP) is 1.63. The molecule has 0 aliphatic carbocycles. The van der Waals surface area contributed by atoms with Crippen molar-refractivity contribution in [2.45, 2.75) is 46.1 Å². The summed E-state index contributed by atoms with van der Waals surface area (Å²) in [5.74, 6) is 1.04. The van der Waals surface area contributed by atoms with Crippen molar-refractivity contribution in [1.82, 2.24) is 10.2 Å². The number of nitrogens with one attached hydrogen (secondary N) is 1. The van der Waals surface area contributed by atoms with Crippen LogP contribution in [0.1, 0.15) is 40.0 Å². The van der Waals surface area contributed by atoms with E-state index in [0.29, 0.717) is 24.3 Å². The van der Waals surface area contributed by atoms with Crippen LogP contribution in [0.25, 0.3) is 0 Å². The van der Waals surface area contributed by atoms with Crippen LogP contribution >= 0.6 is 0 Å². The summed E-state index contributed by atoms with van der Waals surface area (Å²) in [5.41, 5.74) is 0.109. The average Bonchev–Trinajstić information content (AvgIpc) is 2.58. The maximum Gasteiger partial charge on any atom is 0.223 e. The van der Waals surface area contributed by atoms with Crippen LogP contribution in [0.4, 0.5) is 0 Å². The van der Waals surface area contributed by atoms with E-state index in [-0.39, 0.29) is 5.41 Å². The van der Waals surface area contributed by atoms with Crippen LogP contribution < -0.4 is 5.32 Å². The maximum atomic E-state index is 12.1. The van der Waals surface area contributed by atoms with E-state index < -0.39 is 0 Å². The Morgan fingerprint density at radius 2 is 2.12 bits per heavy atom. The first-order chi connectivity index (χ1) is 7.46. The van der Waals surface area contributed by atoms with Crippen molar-refractivity contribution in [1.29, 1.82) is 0 Å². The Morgan fingerprint density at radius 1 is 1.38 bits per heavy atom. The zero-order valence-electron chi connectivity index (χ0n) is 10.8. The quantitative estimate of drug-likeness (QED) is 0.734. The number of rotatable bonds is 1. The van der Waals surface area contributed by atoms with Crippen LogP contribution in [-0.2, 0) is 4.79 Å². The fourth-order valence-corrected chi connectivity index (χ4v) is 2.82. The largest absolute Gasteiger partial charge is 0.341 e. The lowest BCUT2D eigenvalue weighted by Gasteiger charge is -2.24. The second kappa shape index (κ2) is 4.36. The molecule has 3 nitrogen and oxygen atoms in total. The third-order valence-corrected chi connectivity index (χ3v) is 3.63. The van der Waals surface area contributed by atoms with Crippen LogP contribution in [0, 0.1) is 11.3 Å². The molecule has 2 aliphatic heterocycles. The maximum absolute atomic E-state index is 12.1. The zero-order valence-corrected chi connectivity index (χ0v) is 10.8. The highest BCUT2D eigenvalue weighted by molar-refractivity contribution is 5.77. The highest BCUT2D eigenvalue weighted by Crippen LogP contribution is 2.27. The molecule has 0 aromatic heterocycles. The van der Waals surface area contributed by atoms with Crippen molar-refractivity contribution >= 4 is 5.91 Å². The van der Waals surface area contributed by atoms with Gasteiger partial charge in [0.1, 0.15) is 0 Å². The molecule has 2 heterocycles. The summed E-state index contributed by atoms with van der Waals surface area (Å²) in [5, 5.41) is 3.53. The van der Waals surface area contributed by atoms with Gasteiger partial charge in [0, 0.05) is 25.6 Å². The first kappa shape index (κ1) is 11.9. The Bertz CT molecular complexity index is 256. The number of likely N-dealkylation sites (tertiary alicyclic amines) is 1. The highest BCUT2D eigenvalue weighted by atomic mass is 16.2. The van der Waals surface area contributed by atoms with Gasteiger partial charge in [-0.1, -0.05) is 20.8 Å². The van der Waals surface area contributed by atoms with Crippen molar-refractivity contribution in [3.05, 3.63) is 0 Å². The van der Waals surface area contributed by atoms with Crippen LogP contribution in [0.3, 0.4) is 0 Å². The van der Waals surface area contributed by atoms with Crippen molar-refractivity contribution in [2.24, 2.45) is 11.3 Å². The zero-order chi connectivity index (χ0) is 11.8. The number of hydrogen-bond acceptors (Lipinski definition) is 2. The summed E-state index contributed by atoms with van der Waals surface area (Å²) in [7, 11) is 0. The number of fused-ring (bicyclic) bond motifs is 1. The minimum absolute atomic E-state index is 0.109. The molecule has 0 spiro atoms. The van der Waals surface area contributed by atoms with Gasteiger partial charge in [0.2, 0.25) is 5.91 Å². The topological polar surface area (TPSA) is 32.3 Å². The fraction of sp³-hybridized carbons (Fsp3) is 0.923. The van der Waals surface area contributed by atoms with Crippen LogP contribution in [0.5, 0.6) is 0 Å². The fourth-order valence-electron chi connectivity index (χ4n) is 2.82. The van der Waals surface area contributed by atoms with Gasteiger partial charge in [-0.15, -0.1) is 0 Å². The number of hydrogen-bond donors (Lipinski definition) is 1. The SMILES string of the molecule is CC(C)(C)CC(=O)N1C[C@@H]2CCCN[C@@H]2C1. The summed E-state index contributed by atoms with van der Waals surface area (Å²) < 4.78 is 0. The Morgan fingerprint density at radius 3 is 2.75 bits per heavy atom. The van der Waals surface area contributed by atoms with Crippen molar-refractivity contribution in [2.75, 3.05) is 19.6 Å². The minimum Gasteiger partial charge on any atom is -0.341 e. The normalized spacial score (nSPS) is 30.3. The van der Waals surface area contributed by atoms with Crippen LogP contribution in [0.15, 0.2) is 0 Å². The Hall–Kier alpha value is -0.570. The molecule has 0 bridgehead atoms. The van der Waals surface area contributed by atoms with Crippen molar-refractivity contribution < 1.29 is 4.79 Å². The molecule has 16 heavy (non-hydrogen) atoms. The molecule has 0 aromatic rings. The monoisotopic (exact) mass is 224 g/mol. The standard InChI is InChI=1S/C13H24N2O/c1-13(2,3)7-12(16)15-8-10-5-4-6-14-11(10)9-15/h10-11,14H,4-9H2,1-3H3/t10-,11+/m0/s1. The lowest BCUT2D eigenvalue weighted by atomic mass is 9.91. The Labute approximate surface area is 98.6 Å². The summed E-state index contributed by atoms with van der Waals surface area (Å²) in [6.45, 7) is 9.43. The molecular weight excluding hydrogens is 200 g/mol.